The summed E-state index contributed by atoms with van der Waals surface area (Å²) in [5, 5.41) is 23.1. The van der Waals surface area contributed by atoms with Gasteiger partial charge in [0.25, 0.3) is 0 Å². The van der Waals surface area contributed by atoms with Gasteiger partial charge >= 0.3 is 5.97 Å². The fourth-order valence-electron chi connectivity index (χ4n) is 4.88. The summed E-state index contributed by atoms with van der Waals surface area (Å²) in [7, 11) is 1.53. The molecular formula is C26H43NO5V. The van der Waals surface area contributed by atoms with Crippen molar-refractivity contribution in [1.82, 2.24) is 5.32 Å². The standard InChI is InChI=1S/C26H43NO5.V/c1-7-26(4,5)25(31)32-22-13-16(2)12-18-9-8-17(3)21(24(18)22)11-10-19(28)14-20(29)15-23(30)27-6;/h8-9,12,16-17,19-22,24,28-29H,7,10-11,13-15H2,1-6H3,(H,27,30);/t16-,17?,19?,20?,21-,22?,24?;/m0./s1. The van der Waals surface area contributed by atoms with Gasteiger partial charge in [0.1, 0.15) is 6.10 Å². The fraction of sp³-hybridized carbons (Fsp3) is 0.769. The summed E-state index contributed by atoms with van der Waals surface area (Å²) in [4.78, 5) is 24.3. The number of allylic oxidation sites excluding steroid dienone is 3. The molecule has 3 N–H and O–H groups in total. The minimum absolute atomic E-state index is 0. The molecular weight excluding hydrogens is 457 g/mol. The third-order valence-corrected chi connectivity index (χ3v) is 7.37. The Morgan fingerprint density at radius 1 is 1.24 bits per heavy atom. The second-order valence-corrected chi connectivity index (χ2v) is 10.5. The summed E-state index contributed by atoms with van der Waals surface area (Å²) in [5.41, 5.74) is 0.723. The monoisotopic (exact) mass is 500 g/mol. The molecule has 0 bridgehead atoms. The van der Waals surface area contributed by atoms with Crippen LogP contribution in [-0.2, 0) is 32.9 Å². The van der Waals surface area contributed by atoms with E-state index in [1.807, 2.05) is 20.8 Å². The van der Waals surface area contributed by atoms with Gasteiger partial charge in [-0.15, -0.1) is 0 Å². The molecule has 2 aliphatic rings. The Labute approximate surface area is 211 Å². The Hall–Kier alpha value is -1.08. The molecule has 1 radical (unpaired) electrons. The van der Waals surface area contributed by atoms with Gasteiger partial charge in [0.05, 0.1) is 24.0 Å². The topological polar surface area (TPSA) is 95.9 Å². The molecule has 2 aliphatic carbocycles. The summed E-state index contributed by atoms with van der Waals surface area (Å²) >= 11 is 0. The molecule has 5 unspecified atom stereocenters. The van der Waals surface area contributed by atoms with E-state index in [1.54, 1.807) is 0 Å². The van der Waals surface area contributed by atoms with Crippen LogP contribution in [0.3, 0.4) is 0 Å². The number of fused-ring (bicyclic) bond motifs is 1. The first-order valence-electron chi connectivity index (χ1n) is 12.2. The molecule has 0 fully saturated rings. The maximum atomic E-state index is 12.9. The first kappa shape index (κ1) is 30.0. The van der Waals surface area contributed by atoms with Crippen LogP contribution in [0.15, 0.2) is 23.8 Å². The van der Waals surface area contributed by atoms with Crippen molar-refractivity contribution in [1.29, 1.82) is 0 Å². The third-order valence-electron chi connectivity index (χ3n) is 7.37. The van der Waals surface area contributed by atoms with Gasteiger partial charge in [0.2, 0.25) is 5.91 Å². The molecule has 1 amide bonds. The van der Waals surface area contributed by atoms with Crippen molar-refractivity contribution in [3.8, 4) is 0 Å². The van der Waals surface area contributed by atoms with E-state index in [9.17, 15) is 19.8 Å². The minimum Gasteiger partial charge on any atom is -0.461 e. The summed E-state index contributed by atoms with van der Waals surface area (Å²) < 4.78 is 6.13. The van der Waals surface area contributed by atoms with Crippen molar-refractivity contribution in [2.24, 2.45) is 29.1 Å². The third kappa shape index (κ3) is 8.27. The quantitative estimate of drug-likeness (QED) is 0.397. The van der Waals surface area contributed by atoms with Crippen LogP contribution in [0.5, 0.6) is 0 Å². The van der Waals surface area contributed by atoms with E-state index in [4.69, 9.17) is 4.74 Å². The number of esters is 1. The van der Waals surface area contributed by atoms with Gasteiger partial charge in [-0.1, -0.05) is 39.0 Å². The van der Waals surface area contributed by atoms with Crippen LogP contribution >= 0.6 is 0 Å². The number of ether oxygens (including phenoxy) is 1. The van der Waals surface area contributed by atoms with E-state index in [-0.39, 0.29) is 61.2 Å². The number of carbonyl (C=O) groups is 2. The Kier molecular flexibility index (Phi) is 11.9. The average molecular weight is 501 g/mol. The Bertz CT molecular complexity index is 719. The number of amides is 1. The molecule has 7 atom stereocenters. The van der Waals surface area contributed by atoms with E-state index < -0.39 is 17.6 Å². The molecule has 0 aromatic rings. The zero-order valence-corrected chi connectivity index (χ0v) is 22.5. The Morgan fingerprint density at radius 3 is 2.52 bits per heavy atom. The largest absolute Gasteiger partial charge is 0.461 e. The minimum atomic E-state index is -0.857. The van der Waals surface area contributed by atoms with Crippen LogP contribution in [0.1, 0.15) is 73.1 Å². The molecule has 6 nitrogen and oxygen atoms in total. The van der Waals surface area contributed by atoms with Crippen molar-refractivity contribution >= 4 is 11.9 Å². The molecule has 0 saturated carbocycles. The van der Waals surface area contributed by atoms with Crippen molar-refractivity contribution in [3.63, 3.8) is 0 Å². The van der Waals surface area contributed by atoms with E-state index in [1.165, 1.54) is 12.6 Å². The Morgan fingerprint density at radius 2 is 1.91 bits per heavy atom. The van der Waals surface area contributed by atoms with Gasteiger partial charge in [-0.25, -0.2) is 0 Å². The normalized spacial score (nSPS) is 28.6. The number of carbonyl (C=O) groups excluding carboxylic acids is 2. The van der Waals surface area contributed by atoms with E-state index in [0.717, 1.165) is 19.3 Å². The molecule has 2 rings (SSSR count). The molecule has 187 valence electrons. The second-order valence-electron chi connectivity index (χ2n) is 10.5. The number of aliphatic hydroxyl groups excluding tert-OH is 2. The van der Waals surface area contributed by atoms with Gasteiger partial charge in [0, 0.05) is 31.5 Å². The van der Waals surface area contributed by atoms with Crippen molar-refractivity contribution in [2.75, 3.05) is 7.05 Å². The zero-order chi connectivity index (χ0) is 24.1. The fourth-order valence-corrected chi connectivity index (χ4v) is 4.88. The first-order chi connectivity index (χ1) is 15.0. The number of hydrogen-bond donors (Lipinski definition) is 3. The van der Waals surface area contributed by atoms with Crippen LogP contribution in [0.4, 0.5) is 0 Å². The number of rotatable bonds is 10. The van der Waals surface area contributed by atoms with Crippen molar-refractivity contribution < 1.29 is 43.1 Å². The average Bonchev–Trinajstić information content (AvgIpc) is 2.72. The summed E-state index contributed by atoms with van der Waals surface area (Å²) in [6, 6.07) is 0. The molecule has 0 aromatic heterocycles. The predicted octanol–water partition coefficient (Wildman–Crippen LogP) is 3.76. The van der Waals surface area contributed by atoms with Crippen LogP contribution in [0.25, 0.3) is 0 Å². The van der Waals surface area contributed by atoms with Crippen LogP contribution in [-0.4, -0.2) is 47.4 Å². The van der Waals surface area contributed by atoms with E-state index in [0.29, 0.717) is 18.3 Å². The van der Waals surface area contributed by atoms with Gasteiger partial charge in [-0.05, 0) is 69.3 Å². The zero-order valence-electron chi connectivity index (χ0n) is 21.1. The van der Waals surface area contributed by atoms with Gasteiger partial charge in [0.15, 0.2) is 0 Å². The number of nitrogens with one attached hydrogen (secondary N) is 1. The molecule has 7 heteroatoms. The van der Waals surface area contributed by atoms with Gasteiger partial charge in [-0.2, -0.15) is 0 Å². The SMILES string of the molecule is CCC(C)(C)C(=O)OC1C[C@@H](C)C=C2C=CC(C)[C@H](CCC(O)CC(O)CC(=O)NC)C21.[V]. The van der Waals surface area contributed by atoms with Crippen molar-refractivity contribution in [3.05, 3.63) is 23.8 Å². The van der Waals surface area contributed by atoms with Gasteiger partial charge in [-0.3, -0.25) is 9.59 Å². The summed E-state index contributed by atoms with van der Waals surface area (Å²) in [6.07, 6.45) is 7.99. The predicted molar refractivity (Wildman–Crippen MR) is 126 cm³/mol. The van der Waals surface area contributed by atoms with Crippen molar-refractivity contribution in [2.45, 2.75) is 91.5 Å². The summed E-state index contributed by atoms with van der Waals surface area (Å²) in [5.74, 6) is 0.623. The Balaban J connectivity index is 0.00000544. The first-order valence-corrected chi connectivity index (χ1v) is 12.2. The molecule has 0 heterocycles. The maximum Gasteiger partial charge on any atom is 0.311 e. The molecule has 0 saturated heterocycles. The molecule has 0 aliphatic heterocycles. The number of aliphatic hydroxyl groups is 2. The smallest absolute Gasteiger partial charge is 0.311 e. The molecule has 33 heavy (non-hydrogen) atoms. The molecule has 0 spiro atoms. The van der Waals surface area contributed by atoms with Crippen LogP contribution in [0, 0.1) is 29.1 Å². The molecule has 0 aromatic carbocycles. The maximum absolute atomic E-state index is 12.9. The second kappa shape index (κ2) is 13.1. The van der Waals surface area contributed by atoms with Crippen LogP contribution in [0.2, 0.25) is 0 Å². The number of hydrogen-bond acceptors (Lipinski definition) is 5. The van der Waals surface area contributed by atoms with Crippen LogP contribution < -0.4 is 5.32 Å². The van der Waals surface area contributed by atoms with E-state index >= 15 is 0 Å². The summed E-state index contributed by atoms with van der Waals surface area (Å²) in [6.45, 7) is 10.2. The van der Waals surface area contributed by atoms with E-state index in [2.05, 4.69) is 37.4 Å². The van der Waals surface area contributed by atoms with Gasteiger partial charge < -0.3 is 20.3 Å².